The van der Waals surface area contributed by atoms with Gasteiger partial charge in [-0.1, -0.05) is 20.8 Å². The minimum Gasteiger partial charge on any atom is -0.466 e. The average molecular weight is 230 g/mol. The third-order valence-electron chi connectivity index (χ3n) is 2.26. The van der Waals surface area contributed by atoms with Gasteiger partial charge in [0.05, 0.1) is 6.61 Å². The van der Waals surface area contributed by atoms with Crippen LogP contribution >= 0.6 is 0 Å². The van der Waals surface area contributed by atoms with Gasteiger partial charge in [0.1, 0.15) is 6.10 Å². The number of ether oxygens (including phenoxy) is 2. The summed E-state index contributed by atoms with van der Waals surface area (Å²) in [6.07, 6.45) is 3.05. The maximum absolute atomic E-state index is 11.1. The second kappa shape index (κ2) is 9.19. The van der Waals surface area contributed by atoms with Crippen LogP contribution in [0, 0.1) is 0 Å². The molecule has 1 unspecified atom stereocenters. The molecule has 0 radical (unpaired) electrons. The molecule has 0 fully saturated rings. The van der Waals surface area contributed by atoms with E-state index in [1.807, 2.05) is 6.92 Å². The van der Waals surface area contributed by atoms with Crippen LogP contribution in [-0.4, -0.2) is 24.6 Å². The van der Waals surface area contributed by atoms with Crippen LogP contribution in [0.1, 0.15) is 52.9 Å². The molecular formula is C12H22O4. The summed E-state index contributed by atoms with van der Waals surface area (Å²) in [5.41, 5.74) is 0. The first kappa shape index (κ1) is 14.9. The molecule has 0 aliphatic carbocycles. The zero-order valence-corrected chi connectivity index (χ0v) is 10.5. The molecule has 0 rings (SSSR count). The lowest BCUT2D eigenvalue weighted by atomic mass is 10.1. The topological polar surface area (TPSA) is 52.6 Å². The second-order valence-corrected chi connectivity index (χ2v) is 3.59. The summed E-state index contributed by atoms with van der Waals surface area (Å²) in [5, 5.41) is 0. The summed E-state index contributed by atoms with van der Waals surface area (Å²) in [6, 6.07) is 0. The SMILES string of the molecule is CCC(=O)OCCCC(CC)OC(=O)CC. The number of hydrogen-bond donors (Lipinski definition) is 0. The van der Waals surface area contributed by atoms with Crippen LogP contribution in [0.5, 0.6) is 0 Å². The molecule has 0 aromatic carbocycles. The zero-order valence-electron chi connectivity index (χ0n) is 10.5. The number of esters is 2. The van der Waals surface area contributed by atoms with Crippen molar-refractivity contribution in [2.24, 2.45) is 0 Å². The maximum atomic E-state index is 11.1. The molecule has 0 bridgehead atoms. The van der Waals surface area contributed by atoms with E-state index in [4.69, 9.17) is 9.47 Å². The second-order valence-electron chi connectivity index (χ2n) is 3.59. The average Bonchev–Trinajstić information content (AvgIpc) is 2.32. The van der Waals surface area contributed by atoms with E-state index in [0.29, 0.717) is 19.4 Å². The highest BCUT2D eigenvalue weighted by Crippen LogP contribution is 2.08. The molecular weight excluding hydrogens is 208 g/mol. The van der Waals surface area contributed by atoms with Gasteiger partial charge in [-0.3, -0.25) is 9.59 Å². The first-order valence-electron chi connectivity index (χ1n) is 5.99. The van der Waals surface area contributed by atoms with Crippen molar-refractivity contribution >= 4 is 11.9 Å². The summed E-state index contributed by atoms with van der Waals surface area (Å²) >= 11 is 0. The minimum absolute atomic E-state index is 0.0484. The van der Waals surface area contributed by atoms with Crippen molar-refractivity contribution in [3.8, 4) is 0 Å². The van der Waals surface area contributed by atoms with Crippen LogP contribution in [0.3, 0.4) is 0 Å². The highest BCUT2D eigenvalue weighted by Gasteiger charge is 2.11. The number of carbonyl (C=O) groups is 2. The third kappa shape index (κ3) is 7.26. The van der Waals surface area contributed by atoms with Crippen molar-refractivity contribution in [3.05, 3.63) is 0 Å². The Labute approximate surface area is 97.3 Å². The molecule has 0 heterocycles. The number of rotatable bonds is 8. The summed E-state index contributed by atoms with van der Waals surface area (Å²) in [5.74, 6) is -0.351. The van der Waals surface area contributed by atoms with Crippen molar-refractivity contribution in [2.75, 3.05) is 6.61 Å². The Morgan fingerprint density at radius 2 is 1.69 bits per heavy atom. The molecule has 0 aliphatic heterocycles. The molecule has 16 heavy (non-hydrogen) atoms. The number of carbonyl (C=O) groups excluding carboxylic acids is 2. The Kier molecular flexibility index (Phi) is 8.58. The standard InChI is InChI=1S/C12H22O4/c1-4-10(16-12(14)6-3)8-7-9-15-11(13)5-2/h10H,4-9H2,1-3H3. The van der Waals surface area contributed by atoms with Gasteiger partial charge in [0, 0.05) is 12.8 Å². The fourth-order valence-electron chi connectivity index (χ4n) is 1.21. The van der Waals surface area contributed by atoms with Crippen molar-refractivity contribution < 1.29 is 19.1 Å². The van der Waals surface area contributed by atoms with Crippen LogP contribution in [0.4, 0.5) is 0 Å². The van der Waals surface area contributed by atoms with Gasteiger partial charge >= 0.3 is 11.9 Å². The van der Waals surface area contributed by atoms with Crippen LogP contribution < -0.4 is 0 Å². The van der Waals surface area contributed by atoms with E-state index in [2.05, 4.69) is 0 Å². The summed E-state index contributed by atoms with van der Waals surface area (Å²) < 4.78 is 10.1. The molecule has 0 aromatic heterocycles. The molecule has 0 amide bonds. The van der Waals surface area contributed by atoms with Crippen molar-refractivity contribution in [1.82, 2.24) is 0 Å². The van der Waals surface area contributed by atoms with Gasteiger partial charge < -0.3 is 9.47 Å². The first-order valence-corrected chi connectivity index (χ1v) is 5.99. The molecule has 4 nitrogen and oxygen atoms in total. The Hall–Kier alpha value is -1.06. The summed E-state index contributed by atoms with van der Waals surface area (Å²) in [6.45, 7) is 5.93. The van der Waals surface area contributed by atoms with Crippen molar-refractivity contribution in [1.29, 1.82) is 0 Å². The van der Waals surface area contributed by atoms with E-state index >= 15 is 0 Å². The Balaban J connectivity index is 3.63. The lowest BCUT2D eigenvalue weighted by Crippen LogP contribution is -2.17. The van der Waals surface area contributed by atoms with Crippen LogP contribution in [-0.2, 0) is 19.1 Å². The molecule has 0 spiro atoms. The van der Waals surface area contributed by atoms with Crippen LogP contribution in [0.15, 0.2) is 0 Å². The van der Waals surface area contributed by atoms with Crippen molar-refractivity contribution in [3.63, 3.8) is 0 Å². The fourth-order valence-corrected chi connectivity index (χ4v) is 1.21. The van der Waals surface area contributed by atoms with E-state index in [0.717, 1.165) is 19.3 Å². The van der Waals surface area contributed by atoms with Gasteiger partial charge in [0.2, 0.25) is 0 Å². The van der Waals surface area contributed by atoms with Gasteiger partial charge in [0.25, 0.3) is 0 Å². The predicted molar refractivity (Wildman–Crippen MR) is 60.9 cm³/mol. The third-order valence-corrected chi connectivity index (χ3v) is 2.26. The lowest BCUT2D eigenvalue weighted by Gasteiger charge is -2.15. The van der Waals surface area contributed by atoms with Gasteiger partial charge in [-0.15, -0.1) is 0 Å². The summed E-state index contributed by atoms with van der Waals surface area (Å²) in [7, 11) is 0. The largest absolute Gasteiger partial charge is 0.466 e. The maximum Gasteiger partial charge on any atom is 0.305 e. The van der Waals surface area contributed by atoms with E-state index in [-0.39, 0.29) is 18.0 Å². The van der Waals surface area contributed by atoms with Crippen LogP contribution in [0.2, 0.25) is 0 Å². The van der Waals surface area contributed by atoms with E-state index in [1.54, 1.807) is 13.8 Å². The lowest BCUT2D eigenvalue weighted by molar-refractivity contribution is -0.150. The molecule has 0 saturated carbocycles. The normalized spacial score (nSPS) is 11.9. The summed E-state index contributed by atoms with van der Waals surface area (Å²) in [4.78, 5) is 21.9. The molecule has 0 saturated heterocycles. The zero-order chi connectivity index (χ0) is 12.4. The highest BCUT2D eigenvalue weighted by molar-refractivity contribution is 5.69. The Morgan fingerprint density at radius 3 is 2.19 bits per heavy atom. The molecule has 0 aliphatic rings. The van der Waals surface area contributed by atoms with E-state index in [9.17, 15) is 9.59 Å². The molecule has 4 heteroatoms. The number of hydrogen-bond acceptors (Lipinski definition) is 4. The highest BCUT2D eigenvalue weighted by atomic mass is 16.5. The quantitative estimate of drug-likeness (QED) is 0.475. The smallest absolute Gasteiger partial charge is 0.305 e. The van der Waals surface area contributed by atoms with Crippen molar-refractivity contribution in [2.45, 2.75) is 59.0 Å². The first-order chi connectivity index (χ1) is 7.63. The van der Waals surface area contributed by atoms with Gasteiger partial charge in [-0.25, -0.2) is 0 Å². The van der Waals surface area contributed by atoms with Gasteiger partial charge in [0.15, 0.2) is 0 Å². The molecule has 94 valence electrons. The Bertz CT molecular complexity index is 213. The van der Waals surface area contributed by atoms with Crippen LogP contribution in [0.25, 0.3) is 0 Å². The molecule has 0 N–H and O–H groups in total. The van der Waals surface area contributed by atoms with Gasteiger partial charge in [-0.05, 0) is 19.3 Å². The van der Waals surface area contributed by atoms with E-state index in [1.165, 1.54) is 0 Å². The molecule has 0 aromatic rings. The minimum atomic E-state index is -0.182. The van der Waals surface area contributed by atoms with Gasteiger partial charge in [-0.2, -0.15) is 0 Å². The fraction of sp³-hybridized carbons (Fsp3) is 0.833. The Morgan fingerprint density at radius 1 is 1.06 bits per heavy atom. The molecule has 1 atom stereocenters. The predicted octanol–water partition coefficient (Wildman–Crippen LogP) is 2.45. The van der Waals surface area contributed by atoms with E-state index < -0.39 is 0 Å². The monoisotopic (exact) mass is 230 g/mol.